The fourth-order valence-electron chi connectivity index (χ4n) is 2.10. The smallest absolute Gasteiger partial charge is 0.276 e. The van der Waals surface area contributed by atoms with E-state index in [9.17, 15) is 4.79 Å². The van der Waals surface area contributed by atoms with Crippen LogP contribution in [0.3, 0.4) is 0 Å². The Hall–Kier alpha value is -2.80. The summed E-state index contributed by atoms with van der Waals surface area (Å²) in [5.41, 5.74) is 2.94. The van der Waals surface area contributed by atoms with Gasteiger partial charge in [0.05, 0.1) is 12.2 Å². The maximum Gasteiger partial charge on any atom is 0.276 e. The van der Waals surface area contributed by atoms with Crippen LogP contribution in [0.1, 0.15) is 21.7 Å². The SMILES string of the molecule is Cc1ccc(NC(=O)c2ccc(NCc3ccccn3)nn2)cc1Br. The lowest BCUT2D eigenvalue weighted by Gasteiger charge is -2.07. The van der Waals surface area contributed by atoms with Crippen LogP contribution in [-0.2, 0) is 6.54 Å². The van der Waals surface area contributed by atoms with Gasteiger partial charge in [0.25, 0.3) is 5.91 Å². The van der Waals surface area contributed by atoms with Crippen LogP contribution < -0.4 is 10.6 Å². The highest BCUT2D eigenvalue weighted by atomic mass is 79.9. The van der Waals surface area contributed by atoms with Gasteiger partial charge in [0, 0.05) is 16.4 Å². The van der Waals surface area contributed by atoms with E-state index in [4.69, 9.17) is 0 Å². The van der Waals surface area contributed by atoms with Crippen LogP contribution in [0.25, 0.3) is 0 Å². The first-order chi connectivity index (χ1) is 12.1. The Morgan fingerprint density at radius 2 is 2.00 bits per heavy atom. The molecule has 1 amide bonds. The molecule has 0 unspecified atom stereocenters. The number of aryl methyl sites for hydroxylation is 1. The molecule has 3 rings (SSSR count). The zero-order chi connectivity index (χ0) is 17.6. The van der Waals surface area contributed by atoms with Gasteiger partial charge < -0.3 is 10.6 Å². The molecule has 6 nitrogen and oxygen atoms in total. The highest BCUT2D eigenvalue weighted by Crippen LogP contribution is 2.21. The van der Waals surface area contributed by atoms with Crippen molar-refractivity contribution in [3.8, 4) is 0 Å². The fraction of sp³-hybridized carbons (Fsp3) is 0.111. The Bertz CT molecular complexity index is 868. The number of aromatic nitrogens is 3. The molecule has 2 N–H and O–H groups in total. The van der Waals surface area contributed by atoms with Gasteiger partial charge in [-0.25, -0.2) is 0 Å². The van der Waals surface area contributed by atoms with Gasteiger partial charge in [0.1, 0.15) is 5.82 Å². The van der Waals surface area contributed by atoms with Crippen molar-refractivity contribution in [3.63, 3.8) is 0 Å². The van der Waals surface area contributed by atoms with Gasteiger partial charge >= 0.3 is 0 Å². The first-order valence-corrected chi connectivity index (χ1v) is 8.46. The minimum absolute atomic E-state index is 0.250. The van der Waals surface area contributed by atoms with E-state index in [1.807, 2.05) is 43.3 Å². The number of hydrogen-bond acceptors (Lipinski definition) is 5. The monoisotopic (exact) mass is 397 g/mol. The van der Waals surface area contributed by atoms with Crippen LogP contribution in [0.4, 0.5) is 11.5 Å². The average Bonchev–Trinajstić information content (AvgIpc) is 2.64. The quantitative estimate of drug-likeness (QED) is 0.684. The molecule has 0 saturated heterocycles. The van der Waals surface area contributed by atoms with Crippen LogP contribution in [0, 0.1) is 6.92 Å². The number of nitrogens with one attached hydrogen (secondary N) is 2. The summed E-state index contributed by atoms with van der Waals surface area (Å²) in [4.78, 5) is 16.5. The third-order valence-electron chi connectivity index (χ3n) is 3.50. The zero-order valence-corrected chi connectivity index (χ0v) is 15.1. The van der Waals surface area contributed by atoms with Crippen molar-refractivity contribution in [2.45, 2.75) is 13.5 Å². The van der Waals surface area contributed by atoms with Gasteiger partial charge in [-0.15, -0.1) is 10.2 Å². The van der Waals surface area contributed by atoms with Crippen LogP contribution >= 0.6 is 15.9 Å². The molecule has 3 aromatic rings. The topological polar surface area (TPSA) is 79.8 Å². The summed E-state index contributed by atoms with van der Waals surface area (Å²) in [6.07, 6.45) is 1.74. The molecule has 0 fully saturated rings. The number of benzene rings is 1. The van der Waals surface area contributed by atoms with Crippen molar-refractivity contribution < 1.29 is 4.79 Å². The molecule has 25 heavy (non-hydrogen) atoms. The number of rotatable bonds is 5. The molecule has 2 aromatic heterocycles. The van der Waals surface area contributed by atoms with E-state index in [2.05, 4.69) is 41.7 Å². The minimum Gasteiger partial charge on any atom is -0.363 e. The first kappa shape index (κ1) is 17.0. The standard InChI is InChI=1S/C18H16BrN5O/c1-12-5-6-13(10-15(12)19)22-18(25)16-7-8-17(24-23-16)21-11-14-4-2-3-9-20-14/h2-10H,11H2,1H3,(H,21,24)(H,22,25). The largest absolute Gasteiger partial charge is 0.363 e. The Kier molecular flexibility index (Phi) is 5.35. The number of nitrogens with zero attached hydrogens (tertiary/aromatic N) is 3. The third kappa shape index (κ3) is 4.60. The molecular weight excluding hydrogens is 382 g/mol. The molecule has 0 radical (unpaired) electrons. The molecule has 7 heteroatoms. The molecule has 0 aliphatic carbocycles. The number of pyridine rings is 1. The fourth-order valence-corrected chi connectivity index (χ4v) is 2.48. The van der Waals surface area contributed by atoms with Crippen molar-refractivity contribution >= 4 is 33.3 Å². The Labute approximate surface area is 153 Å². The summed E-state index contributed by atoms with van der Waals surface area (Å²) in [6.45, 7) is 2.52. The summed E-state index contributed by atoms with van der Waals surface area (Å²) >= 11 is 3.45. The highest BCUT2D eigenvalue weighted by Gasteiger charge is 2.09. The van der Waals surface area contributed by atoms with Crippen LogP contribution in [0.15, 0.2) is 59.2 Å². The predicted octanol–water partition coefficient (Wildman–Crippen LogP) is 3.81. The molecule has 0 aliphatic heterocycles. The summed E-state index contributed by atoms with van der Waals surface area (Å²) < 4.78 is 0.936. The maximum absolute atomic E-state index is 12.2. The number of hydrogen-bond donors (Lipinski definition) is 2. The lowest BCUT2D eigenvalue weighted by molar-refractivity contribution is 0.102. The summed E-state index contributed by atoms with van der Waals surface area (Å²) in [6, 6.07) is 14.7. The lowest BCUT2D eigenvalue weighted by atomic mass is 10.2. The van der Waals surface area contributed by atoms with E-state index in [0.29, 0.717) is 18.1 Å². The minimum atomic E-state index is -0.306. The van der Waals surface area contributed by atoms with Gasteiger partial charge in [0.2, 0.25) is 0 Å². The van der Waals surface area contributed by atoms with Crippen LogP contribution in [-0.4, -0.2) is 21.1 Å². The summed E-state index contributed by atoms with van der Waals surface area (Å²) in [7, 11) is 0. The number of halogens is 1. The second-order valence-corrected chi connectivity index (χ2v) is 6.25. The number of anilines is 2. The molecule has 0 spiro atoms. The van der Waals surface area contributed by atoms with Crippen molar-refractivity contribution in [1.82, 2.24) is 15.2 Å². The lowest BCUT2D eigenvalue weighted by Crippen LogP contribution is -2.15. The highest BCUT2D eigenvalue weighted by molar-refractivity contribution is 9.10. The number of amides is 1. The molecule has 1 aromatic carbocycles. The van der Waals surface area contributed by atoms with Gasteiger partial charge in [-0.05, 0) is 48.9 Å². The molecule has 0 saturated carbocycles. The van der Waals surface area contributed by atoms with Gasteiger partial charge in [0.15, 0.2) is 5.69 Å². The van der Waals surface area contributed by atoms with E-state index in [1.54, 1.807) is 18.3 Å². The van der Waals surface area contributed by atoms with Gasteiger partial charge in [-0.3, -0.25) is 9.78 Å². The molecule has 2 heterocycles. The molecule has 0 atom stereocenters. The summed E-state index contributed by atoms with van der Waals surface area (Å²) in [5, 5.41) is 13.9. The Morgan fingerprint density at radius 1 is 1.12 bits per heavy atom. The molecular formula is C18H16BrN5O. The number of carbonyl (C=O) groups is 1. The van der Waals surface area contributed by atoms with Gasteiger partial charge in [-0.2, -0.15) is 0 Å². The normalized spacial score (nSPS) is 10.3. The maximum atomic E-state index is 12.2. The van der Waals surface area contributed by atoms with Crippen molar-refractivity contribution in [1.29, 1.82) is 0 Å². The van der Waals surface area contributed by atoms with Crippen molar-refractivity contribution in [3.05, 3.63) is 76.2 Å². The van der Waals surface area contributed by atoms with Gasteiger partial charge in [-0.1, -0.05) is 28.1 Å². The molecule has 0 bridgehead atoms. The van der Waals surface area contributed by atoms with E-state index < -0.39 is 0 Å². The van der Waals surface area contributed by atoms with Crippen LogP contribution in [0.2, 0.25) is 0 Å². The third-order valence-corrected chi connectivity index (χ3v) is 4.36. The zero-order valence-electron chi connectivity index (χ0n) is 13.5. The van der Waals surface area contributed by atoms with Crippen LogP contribution in [0.5, 0.6) is 0 Å². The Morgan fingerprint density at radius 3 is 2.68 bits per heavy atom. The predicted molar refractivity (Wildman–Crippen MR) is 100 cm³/mol. The Balaban J connectivity index is 1.61. The molecule has 0 aliphatic rings. The van der Waals surface area contributed by atoms with Crippen molar-refractivity contribution in [2.75, 3.05) is 10.6 Å². The average molecular weight is 398 g/mol. The van der Waals surface area contributed by atoms with E-state index in [0.717, 1.165) is 15.7 Å². The van der Waals surface area contributed by atoms with E-state index in [1.165, 1.54) is 0 Å². The second kappa shape index (κ2) is 7.85. The summed E-state index contributed by atoms with van der Waals surface area (Å²) in [5.74, 6) is 0.278. The van der Waals surface area contributed by atoms with E-state index >= 15 is 0 Å². The first-order valence-electron chi connectivity index (χ1n) is 7.67. The second-order valence-electron chi connectivity index (χ2n) is 5.40. The molecule has 126 valence electrons. The van der Waals surface area contributed by atoms with E-state index in [-0.39, 0.29) is 11.6 Å². The number of carbonyl (C=O) groups excluding carboxylic acids is 1. The van der Waals surface area contributed by atoms with Crippen molar-refractivity contribution in [2.24, 2.45) is 0 Å².